The minimum atomic E-state index is -0.557. The average Bonchev–Trinajstić information content (AvgIpc) is 3.25. The van der Waals surface area contributed by atoms with E-state index in [1.54, 1.807) is 48.5 Å². The van der Waals surface area contributed by atoms with Crippen molar-refractivity contribution in [3.63, 3.8) is 0 Å². The van der Waals surface area contributed by atoms with Crippen LogP contribution in [-0.2, 0) is 16.1 Å². The van der Waals surface area contributed by atoms with Crippen molar-refractivity contribution in [2.24, 2.45) is 0 Å². The van der Waals surface area contributed by atoms with Gasteiger partial charge in [0.25, 0.3) is 5.91 Å². The molecule has 27 heavy (non-hydrogen) atoms. The van der Waals surface area contributed by atoms with Crippen molar-refractivity contribution in [2.75, 3.05) is 13.7 Å². The molecule has 0 saturated carbocycles. The fourth-order valence-corrected chi connectivity index (χ4v) is 2.42. The van der Waals surface area contributed by atoms with Gasteiger partial charge in [-0.3, -0.25) is 4.79 Å². The summed E-state index contributed by atoms with van der Waals surface area (Å²) in [6, 6.07) is 16.0. The molecule has 0 aliphatic heterocycles. The minimum Gasteiger partial charge on any atom is -0.497 e. The number of carbonyl (C=O) groups excluding carboxylic acids is 2. The van der Waals surface area contributed by atoms with Crippen molar-refractivity contribution >= 4 is 11.9 Å². The van der Waals surface area contributed by atoms with E-state index in [0.717, 1.165) is 11.3 Å². The summed E-state index contributed by atoms with van der Waals surface area (Å²) >= 11 is 0. The summed E-state index contributed by atoms with van der Waals surface area (Å²) in [5, 5.41) is 6.82. The molecule has 7 heteroatoms. The van der Waals surface area contributed by atoms with Crippen molar-refractivity contribution in [2.45, 2.75) is 6.54 Å². The lowest BCUT2D eigenvalue weighted by Crippen LogP contribution is -2.28. The topological polar surface area (TPSA) is 82.5 Å². The van der Waals surface area contributed by atoms with Crippen LogP contribution in [0.25, 0.3) is 5.69 Å². The lowest BCUT2D eigenvalue weighted by atomic mass is 10.2. The molecule has 0 unspecified atom stereocenters. The molecular weight excluding hydrogens is 346 g/mol. The Hall–Kier alpha value is -3.61. The molecule has 138 valence electrons. The van der Waals surface area contributed by atoms with Gasteiger partial charge in [0.15, 0.2) is 6.61 Å². The highest BCUT2D eigenvalue weighted by Crippen LogP contribution is 2.12. The zero-order valence-corrected chi connectivity index (χ0v) is 14.8. The molecule has 7 nitrogen and oxygen atoms in total. The third-order valence-corrected chi connectivity index (χ3v) is 3.83. The highest BCUT2D eigenvalue weighted by atomic mass is 16.5. The monoisotopic (exact) mass is 365 g/mol. The van der Waals surface area contributed by atoms with Crippen LogP contribution in [0.5, 0.6) is 5.75 Å². The number of benzene rings is 2. The predicted octanol–water partition coefficient (Wildman–Crippen LogP) is 2.35. The first-order valence-corrected chi connectivity index (χ1v) is 8.32. The number of hydrogen-bond acceptors (Lipinski definition) is 5. The summed E-state index contributed by atoms with van der Waals surface area (Å²) in [4.78, 5) is 23.9. The van der Waals surface area contributed by atoms with Crippen molar-refractivity contribution in [3.05, 3.63) is 78.1 Å². The number of ether oxygens (including phenoxy) is 2. The number of nitrogens with zero attached hydrogens (tertiary/aromatic N) is 2. The summed E-state index contributed by atoms with van der Waals surface area (Å²) < 4.78 is 11.9. The number of methoxy groups -OCH3 is 1. The Morgan fingerprint density at radius 2 is 1.93 bits per heavy atom. The Bertz CT molecular complexity index is 905. The molecule has 0 radical (unpaired) electrons. The Balaban J connectivity index is 1.47. The molecule has 0 saturated heterocycles. The van der Waals surface area contributed by atoms with Gasteiger partial charge in [-0.05, 0) is 48.0 Å². The molecule has 0 atom stereocenters. The largest absolute Gasteiger partial charge is 0.497 e. The number of hydrogen-bond donors (Lipinski definition) is 1. The number of nitrogens with one attached hydrogen (secondary N) is 1. The lowest BCUT2D eigenvalue weighted by molar-refractivity contribution is -0.124. The van der Waals surface area contributed by atoms with Crippen molar-refractivity contribution in [1.82, 2.24) is 15.1 Å². The molecule has 0 aliphatic rings. The maximum atomic E-state index is 12.1. The van der Waals surface area contributed by atoms with Crippen LogP contribution >= 0.6 is 0 Å². The quantitative estimate of drug-likeness (QED) is 0.650. The smallest absolute Gasteiger partial charge is 0.338 e. The van der Waals surface area contributed by atoms with Crippen molar-refractivity contribution in [3.8, 4) is 11.4 Å². The van der Waals surface area contributed by atoms with Gasteiger partial charge in [0.05, 0.1) is 18.4 Å². The lowest BCUT2D eigenvalue weighted by Gasteiger charge is -2.08. The van der Waals surface area contributed by atoms with E-state index in [4.69, 9.17) is 9.47 Å². The fourth-order valence-electron chi connectivity index (χ4n) is 2.42. The van der Waals surface area contributed by atoms with Crippen LogP contribution < -0.4 is 10.1 Å². The molecule has 2 aromatic carbocycles. The van der Waals surface area contributed by atoms with E-state index in [-0.39, 0.29) is 12.5 Å². The number of carbonyl (C=O) groups is 2. The Labute approximate surface area is 156 Å². The highest BCUT2D eigenvalue weighted by molar-refractivity contribution is 5.91. The second kappa shape index (κ2) is 8.66. The van der Waals surface area contributed by atoms with Gasteiger partial charge in [0.2, 0.25) is 0 Å². The standard InChI is InChI=1S/C20H19N3O4/c1-26-18-5-2-4-15(12-18)13-21-19(24)14-27-20(25)16-6-8-17(9-7-16)23-11-3-10-22-23/h2-12H,13-14H2,1H3,(H,21,24). The molecule has 1 aromatic heterocycles. The molecule has 1 amide bonds. The molecule has 1 heterocycles. The summed E-state index contributed by atoms with van der Waals surface area (Å²) in [6.45, 7) is -0.0180. The predicted molar refractivity (Wildman–Crippen MR) is 98.7 cm³/mol. The maximum Gasteiger partial charge on any atom is 0.338 e. The van der Waals surface area contributed by atoms with Crippen LogP contribution in [0.1, 0.15) is 15.9 Å². The van der Waals surface area contributed by atoms with Gasteiger partial charge < -0.3 is 14.8 Å². The van der Waals surface area contributed by atoms with Crippen LogP contribution in [-0.4, -0.2) is 35.4 Å². The zero-order valence-electron chi connectivity index (χ0n) is 14.8. The molecular formula is C20H19N3O4. The Kier molecular flexibility index (Phi) is 5.84. The Morgan fingerprint density at radius 1 is 1.11 bits per heavy atom. The second-order valence-corrected chi connectivity index (χ2v) is 5.70. The van der Waals surface area contributed by atoms with Gasteiger partial charge in [-0.25, -0.2) is 9.48 Å². The van der Waals surface area contributed by atoms with Crippen LogP contribution in [0.15, 0.2) is 67.0 Å². The van der Waals surface area contributed by atoms with Gasteiger partial charge in [-0.1, -0.05) is 12.1 Å². The van der Waals surface area contributed by atoms with Gasteiger partial charge in [0, 0.05) is 18.9 Å². The van der Waals surface area contributed by atoms with E-state index in [9.17, 15) is 9.59 Å². The van der Waals surface area contributed by atoms with E-state index in [0.29, 0.717) is 17.9 Å². The third kappa shape index (κ3) is 4.94. The van der Waals surface area contributed by atoms with E-state index in [1.807, 2.05) is 30.3 Å². The van der Waals surface area contributed by atoms with Gasteiger partial charge in [-0.2, -0.15) is 5.10 Å². The molecule has 1 N–H and O–H groups in total. The maximum absolute atomic E-state index is 12.1. The minimum absolute atomic E-state index is 0.326. The van der Waals surface area contributed by atoms with Crippen LogP contribution in [0.3, 0.4) is 0 Å². The molecule has 0 spiro atoms. The normalized spacial score (nSPS) is 10.3. The zero-order chi connectivity index (χ0) is 19.1. The SMILES string of the molecule is COc1cccc(CNC(=O)COC(=O)c2ccc(-n3cccn3)cc2)c1. The van der Waals surface area contributed by atoms with Crippen LogP contribution in [0.2, 0.25) is 0 Å². The Morgan fingerprint density at radius 3 is 2.63 bits per heavy atom. The van der Waals surface area contributed by atoms with Gasteiger partial charge in [0.1, 0.15) is 5.75 Å². The first kappa shape index (κ1) is 18.2. The van der Waals surface area contributed by atoms with Gasteiger partial charge >= 0.3 is 5.97 Å². The molecule has 0 bridgehead atoms. The summed E-state index contributed by atoms with van der Waals surface area (Å²) in [6.07, 6.45) is 3.48. The van der Waals surface area contributed by atoms with E-state index in [1.165, 1.54) is 0 Å². The van der Waals surface area contributed by atoms with E-state index >= 15 is 0 Å². The van der Waals surface area contributed by atoms with E-state index < -0.39 is 5.97 Å². The second-order valence-electron chi connectivity index (χ2n) is 5.70. The fraction of sp³-hybridized carbons (Fsp3) is 0.150. The molecule has 3 rings (SSSR count). The van der Waals surface area contributed by atoms with Gasteiger partial charge in [-0.15, -0.1) is 0 Å². The summed E-state index contributed by atoms with van der Waals surface area (Å²) in [5.41, 5.74) is 2.09. The first-order chi connectivity index (χ1) is 13.2. The van der Waals surface area contributed by atoms with Crippen molar-refractivity contribution in [1.29, 1.82) is 0 Å². The highest BCUT2D eigenvalue weighted by Gasteiger charge is 2.10. The number of aromatic nitrogens is 2. The molecule has 3 aromatic rings. The van der Waals surface area contributed by atoms with E-state index in [2.05, 4.69) is 10.4 Å². The van der Waals surface area contributed by atoms with Crippen LogP contribution in [0, 0.1) is 0 Å². The average molecular weight is 365 g/mol. The van der Waals surface area contributed by atoms with Crippen LogP contribution in [0.4, 0.5) is 0 Å². The molecule has 0 fully saturated rings. The first-order valence-electron chi connectivity index (χ1n) is 8.32. The summed E-state index contributed by atoms with van der Waals surface area (Å²) in [7, 11) is 1.58. The number of esters is 1. The molecule has 0 aliphatic carbocycles. The third-order valence-electron chi connectivity index (χ3n) is 3.83. The number of rotatable bonds is 7. The van der Waals surface area contributed by atoms with Crippen molar-refractivity contribution < 1.29 is 19.1 Å². The number of amides is 1. The summed E-state index contributed by atoms with van der Waals surface area (Å²) in [5.74, 6) is -0.218.